The number of para-hydroxylation sites is 1. The number of likely N-dealkylation sites (N-methyl/N-ethyl adjacent to an activating group) is 1. The molecule has 0 saturated carbocycles. The van der Waals surface area contributed by atoms with Gasteiger partial charge in [-0.05, 0) is 45.4 Å². The number of nitrogens with zero attached hydrogens (tertiary/aromatic N) is 1. The zero-order valence-electron chi connectivity index (χ0n) is 14.8. The number of hydrogen-bond acceptors (Lipinski definition) is 4. The molecule has 1 rings (SSSR count). The SMILES string of the molecule is CCC[C@H](C(=O)OCC)N(C)CC(=O)Nc1c(C)cccc1C. The zero-order chi connectivity index (χ0) is 17.4. The van der Waals surface area contributed by atoms with E-state index < -0.39 is 0 Å². The highest BCUT2D eigenvalue weighted by molar-refractivity contribution is 5.94. The predicted octanol–water partition coefficient (Wildman–Crippen LogP) is 2.91. The number of anilines is 1. The van der Waals surface area contributed by atoms with Crippen LogP contribution in [0.25, 0.3) is 0 Å². The van der Waals surface area contributed by atoms with E-state index in [4.69, 9.17) is 4.74 Å². The second kappa shape index (κ2) is 9.30. The maximum atomic E-state index is 12.3. The number of carbonyl (C=O) groups is 2. The molecule has 0 spiro atoms. The lowest BCUT2D eigenvalue weighted by Gasteiger charge is -2.25. The van der Waals surface area contributed by atoms with Crippen molar-refractivity contribution in [3.8, 4) is 0 Å². The van der Waals surface area contributed by atoms with Crippen LogP contribution in [0.5, 0.6) is 0 Å². The van der Waals surface area contributed by atoms with Crippen molar-refractivity contribution >= 4 is 17.6 Å². The van der Waals surface area contributed by atoms with Crippen LogP contribution in [0.15, 0.2) is 18.2 Å². The molecule has 1 aromatic carbocycles. The van der Waals surface area contributed by atoms with Gasteiger partial charge in [-0.1, -0.05) is 31.5 Å². The summed E-state index contributed by atoms with van der Waals surface area (Å²) in [5.74, 6) is -0.396. The molecule has 5 nitrogen and oxygen atoms in total. The van der Waals surface area contributed by atoms with Crippen molar-refractivity contribution in [2.45, 2.75) is 46.6 Å². The fraction of sp³-hybridized carbons (Fsp3) is 0.556. The van der Waals surface area contributed by atoms with Crippen LogP contribution < -0.4 is 5.32 Å². The summed E-state index contributed by atoms with van der Waals surface area (Å²) in [5.41, 5.74) is 2.89. The smallest absolute Gasteiger partial charge is 0.323 e. The predicted molar refractivity (Wildman–Crippen MR) is 92.5 cm³/mol. The Balaban J connectivity index is 2.72. The lowest BCUT2D eigenvalue weighted by molar-refractivity contribution is -0.149. The lowest BCUT2D eigenvalue weighted by Crippen LogP contribution is -2.43. The molecule has 0 aromatic heterocycles. The maximum absolute atomic E-state index is 12.3. The lowest BCUT2D eigenvalue weighted by atomic mass is 10.1. The number of amides is 1. The molecule has 23 heavy (non-hydrogen) atoms. The normalized spacial score (nSPS) is 12.1. The Morgan fingerprint density at radius 1 is 1.22 bits per heavy atom. The topological polar surface area (TPSA) is 58.6 Å². The van der Waals surface area contributed by atoms with Gasteiger partial charge in [-0.15, -0.1) is 0 Å². The first-order valence-electron chi connectivity index (χ1n) is 8.13. The monoisotopic (exact) mass is 320 g/mol. The molecular weight excluding hydrogens is 292 g/mol. The summed E-state index contributed by atoms with van der Waals surface area (Å²) in [5, 5.41) is 2.94. The van der Waals surface area contributed by atoms with E-state index in [0.29, 0.717) is 13.0 Å². The van der Waals surface area contributed by atoms with Crippen molar-refractivity contribution < 1.29 is 14.3 Å². The molecule has 0 aliphatic heterocycles. The van der Waals surface area contributed by atoms with Crippen LogP contribution in [-0.2, 0) is 14.3 Å². The summed E-state index contributed by atoms with van der Waals surface area (Å²) in [6.45, 7) is 8.22. The summed E-state index contributed by atoms with van der Waals surface area (Å²) < 4.78 is 5.10. The quantitative estimate of drug-likeness (QED) is 0.748. The van der Waals surface area contributed by atoms with Crippen molar-refractivity contribution in [1.29, 1.82) is 0 Å². The highest BCUT2D eigenvalue weighted by Crippen LogP contribution is 2.19. The van der Waals surface area contributed by atoms with Crippen LogP contribution in [-0.4, -0.2) is 43.0 Å². The van der Waals surface area contributed by atoms with Crippen molar-refractivity contribution in [2.24, 2.45) is 0 Å². The van der Waals surface area contributed by atoms with Gasteiger partial charge in [-0.3, -0.25) is 14.5 Å². The van der Waals surface area contributed by atoms with E-state index in [0.717, 1.165) is 23.2 Å². The Hall–Kier alpha value is -1.88. The number of hydrogen-bond donors (Lipinski definition) is 1. The van der Waals surface area contributed by atoms with Crippen LogP contribution in [0.2, 0.25) is 0 Å². The van der Waals surface area contributed by atoms with Crippen LogP contribution in [0.1, 0.15) is 37.8 Å². The molecule has 1 atom stereocenters. The minimum absolute atomic E-state index is 0.129. The van der Waals surface area contributed by atoms with E-state index >= 15 is 0 Å². The van der Waals surface area contributed by atoms with Gasteiger partial charge in [0.2, 0.25) is 5.91 Å². The zero-order valence-corrected chi connectivity index (χ0v) is 14.8. The summed E-state index contributed by atoms with van der Waals surface area (Å²) in [7, 11) is 1.78. The molecule has 1 amide bonds. The van der Waals surface area contributed by atoms with Crippen LogP contribution >= 0.6 is 0 Å². The number of nitrogens with one attached hydrogen (secondary N) is 1. The highest BCUT2D eigenvalue weighted by Gasteiger charge is 2.25. The number of rotatable bonds is 8. The van der Waals surface area contributed by atoms with E-state index in [1.165, 1.54) is 0 Å². The third-order valence-electron chi connectivity index (χ3n) is 3.79. The molecule has 0 aliphatic carbocycles. The molecule has 0 aliphatic rings. The Kier molecular flexibility index (Phi) is 7.75. The van der Waals surface area contributed by atoms with Gasteiger partial charge in [-0.25, -0.2) is 0 Å². The molecule has 0 bridgehead atoms. The molecule has 0 fully saturated rings. The summed E-state index contributed by atoms with van der Waals surface area (Å²) in [4.78, 5) is 26.1. The summed E-state index contributed by atoms with van der Waals surface area (Å²) in [6, 6.07) is 5.50. The van der Waals surface area contributed by atoms with Crippen LogP contribution in [0, 0.1) is 13.8 Å². The number of esters is 1. The Morgan fingerprint density at radius 3 is 2.35 bits per heavy atom. The highest BCUT2D eigenvalue weighted by atomic mass is 16.5. The van der Waals surface area contributed by atoms with Crippen molar-refractivity contribution in [1.82, 2.24) is 4.90 Å². The van der Waals surface area contributed by atoms with Crippen molar-refractivity contribution in [3.63, 3.8) is 0 Å². The molecular formula is C18H28N2O3. The van der Waals surface area contributed by atoms with Gasteiger partial charge < -0.3 is 10.1 Å². The van der Waals surface area contributed by atoms with E-state index in [9.17, 15) is 9.59 Å². The average Bonchev–Trinajstić information content (AvgIpc) is 2.48. The number of aryl methyl sites for hydroxylation is 2. The first kappa shape index (κ1) is 19.2. The third-order valence-corrected chi connectivity index (χ3v) is 3.79. The van der Waals surface area contributed by atoms with E-state index in [2.05, 4.69) is 5.32 Å². The van der Waals surface area contributed by atoms with Gasteiger partial charge in [0.15, 0.2) is 0 Å². The molecule has 5 heteroatoms. The Morgan fingerprint density at radius 2 is 1.83 bits per heavy atom. The van der Waals surface area contributed by atoms with Gasteiger partial charge in [0.25, 0.3) is 0 Å². The van der Waals surface area contributed by atoms with Crippen molar-refractivity contribution in [3.05, 3.63) is 29.3 Å². The van der Waals surface area contributed by atoms with Crippen LogP contribution in [0.4, 0.5) is 5.69 Å². The largest absolute Gasteiger partial charge is 0.465 e. The average molecular weight is 320 g/mol. The van der Waals surface area contributed by atoms with Crippen LogP contribution in [0.3, 0.4) is 0 Å². The molecule has 0 heterocycles. The molecule has 1 aromatic rings. The van der Waals surface area contributed by atoms with E-state index in [-0.39, 0.29) is 24.5 Å². The number of benzene rings is 1. The second-order valence-corrected chi connectivity index (χ2v) is 5.79. The molecule has 1 N–H and O–H groups in total. The third kappa shape index (κ3) is 5.67. The minimum atomic E-state index is -0.385. The van der Waals surface area contributed by atoms with E-state index in [1.54, 1.807) is 18.9 Å². The summed E-state index contributed by atoms with van der Waals surface area (Å²) in [6.07, 6.45) is 1.53. The van der Waals surface area contributed by atoms with Gasteiger partial charge in [0.1, 0.15) is 6.04 Å². The van der Waals surface area contributed by atoms with E-state index in [1.807, 2.05) is 39.0 Å². The van der Waals surface area contributed by atoms with Gasteiger partial charge >= 0.3 is 5.97 Å². The first-order valence-corrected chi connectivity index (χ1v) is 8.13. The Labute approximate surface area is 139 Å². The number of ether oxygens (including phenoxy) is 1. The second-order valence-electron chi connectivity index (χ2n) is 5.79. The van der Waals surface area contributed by atoms with Gasteiger partial charge in [0.05, 0.1) is 13.2 Å². The van der Waals surface area contributed by atoms with Crippen molar-refractivity contribution in [2.75, 3.05) is 25.5 Å². The van der Waals surface area contributed by atoms with Gasteiger partial charge in [-0.2, -0.15) is 0 Å². The molecule has 128 valence electrons. The fourth-order valence-corrected chi connectivity index (χ4v) is 2.56. The maximum Gasteiger partial charge on any atom is 0.323 e. The Bertz CT molecular complexity index is 523. The van der Waals surface area contributed by atoms with Gasteiger partial charge in [0, 0.05) is 5.69 Å². The molecule has 0 radical (unpaired) electrons. The minimum Gasteiger partial charge on any atom is -0.465 e. The fourth-order valence-electron chi connectivity index (χ4n) is 2.56. The number of carbonyl (C=O) groups excluding carboxylic acids is 2. The molecule has 0 saturated heterocycles. The molecule has 0 unspecified atom stereocenters. The first-order chi connectivity index (χ1) is 10.9. The summed E-state index contributed by atoms with van der Waals surface area (Å²) >= 11 is 0. The standard InChI is InChI=1S/C18H28N2O3/c1-6-9-15(18(22)23-7-2)20(5)12-16(21)19-17-13(3)10-8-11-14(17)4/h8,10-11,15H,6-7,9,12H2,1-5H3,(H,19,21)/t15-/m1/s1.